The maximum atomic E-state index is 12.3. The lowest BCUT2D eigenvalue weighted by molar-refractivity contribution is -0.384. The smallest absolute Gasteiger partial charge is 0.273 e. The number of nitrogens with zero attached hydrogens (tertiary/aromatic N) is 2. The molecule has 142 valence electrons. The number of methoxy groups -OCH3 is 1. The van der Waals surface area contributed by atoms with Crippen LogP contribution in [0.4, 0.5) is 17.1 Å². The molecule has 0 atom stereocenters. The van der Waals surface area contributed by atoms with Gasteiger partial charge in [0.1, 0.15) is 17.4 Å². The van der Waals surface area contributed by atoms with Gasteiger partial charge >= 0.3 is 0 Å². The summed E-state index contributed by atoms with van der Waals surface area (Å²) in [6, 6.07) is 11.3. The van der Waals surface area contributed by atoms with Crippen LogP contribution in [0, 0.1) is 21.4 Å². The molecule has 2 aromatic carbocycles. The second-order valence-electron chi connectivity index (χ2n) is 5.36. The van der Waals surface area contributed by atoms with Gasteiger partial charge in [-0.3, -0.25) is 19.7 Å². The van der Waals surface area contributed by atoms with Crippen molar-refractivity contribution < 1.29 is 19.2 Å². The minimum Gasteiger partial charge on any atom is -0.494 e. The Balaban J connectivity index is 2.14. The van der Waals surface area contributed by atoms with Gasteiger partial charge in [-0.05, 0) is 30.3 Å². The van der Waals surface area contributed by atoms with Crippen LogP contribution in [0.1, 0.15) is 10.4 Å². The molecule has 0 aliphatic carbocycles. The summed E-state index contributed by atoms with van der Waals surface area (Å²) in [6.07, 6.45) is 0.964. The summed E-state index contributed by atoms with van der Waals surface area (Å²) in [6.45, 7) is 0. The minimum absolute atomic E-state index is 0.0470. The molecule has 0 aromatic heterocycles. The van der Waals surface area contributed by atoms with Crippen LogP contribution in [0.15, 0.2) is 54.2 Å². The molecular formula is C18H15N5O5. The van der Waals surface area contributed by atoms with Gasteiger partial charge in [-0.1, -0.05) is 0 Å². The number of nitrogens with one attached hydrogen (secondary N) is 2. The zero-order chi connectivity index (χ0) is 20.7. The SMILES string of the molecule is COc1cc([N+](=O)[O-])ccc1NC(=O)/C(C#N)=C\NC(=O)c1ccc(N)cc1. The Hall–Kier alpha value is -4.39. The van der Waals surface area contributed by atoms with E-state index in [4.69, 9.17) is 10.5 Å². The van der Waals surface area contributed by atoms with Crippen LogP contribution in [-0.4, -0.2) is 23.8 Å². The first kappa shape index (κ1) is 19.9. The lowest BCUT2D eigenvalue weighted by Crippen LogP contribution is -2.21. The molecule has 10 heteroatoms. The average Bonchev–Trinajstić information content (AvgIpc) is 2.68. The first-order valence-electron chi connectivity index (χ1n) is 7.76. The van der Waals surface area contributed by atoms with Crippen LogP contribution >= 0.6 is 0 Å². The highest BCUT2D eigenvalue weighted by atomic mass is 16.6. The number of nitro groups is 1. The summed E-state index contributed by atoms with van der Waals surface area (Å²) >= 11 is 0. The van der Waals surface area contributed by atoms with E-state index in [0.29, 0.717) is 11.3 Å². The van der Waals surface area contributed by atoms with Crippen molar-refractivity contribution in [2.24, 2.45) is 0 Å². The third-order valence-corrected chi connectivity index (χ3v) is 3.53. The number of rotatable bonds is 6. The van der Waals surface area contributed by atoms with Crippen LogP contribution in [0.3, 0.4) is 0 Å². The highest BCUT2D eigenvalue weighted by molar-refractivity contribution is 6.07. The number of anilines is 2. The number of nitrogen functional groups attached to an aromatic ring is 1. The monoisotopic (exact) mass is 381 g/mol. The Morgan fingerprint density at radius 2 is 1.93 bits per heavy atom. The summed E-state index contributed by atoms with van der Waals surface area (Å²) < 4.78 is 5.01. The van der Waals surface area contributed by atoms with E-state index in [1.54, 1.807) is 6.07 Å². The number of benzene rings is 2. The molecule has 0 unspecified atom stereocenters. The van der Waals surface area contributed by atoms with E-state index in [9.17, 15) is 25.0 Å². The average molecular weight is 381 g/mol. The van der Waals surface area contributed by atoms with Crippen molar-refractivity contribution in [3.8, 4) is 11.8 Å². The fourth-order valence-electron chi connectivity index (χ4n) is 2.09. The zero-order valence-electron chi connectivity index (χ0n) is 14.6. The standard InChI is InChI=1S/C18H15N5O5/c1-28-16-8-14(23(26)27)6-7-15(16)22-18(25)12(9-19)10-21-17(24)11-2-4-13(20)5-3-11/h2-8,10H,20H2,1H3,(H,21,24)(H,22,25)/b12-10-. The summed E-state index contributed by atoms with van der Waals surface area (Å²) in [4.78, 5) is 34.5. The number of carbonyl (C=O) groups is 2. The van der Waals surface area contributed by atoms with E-state index in [0.717, 1.165) is 12.3 Å². The van der Waals surface area contributed by atoms with Crippen LogP contribution in [0.2, 0.25) is 0 Å². The molecule has 0 saturated heterocycles. The first-order chi connectivity index (χ1) is 13.3. The van der Waals surface area contributed by atoms with Crippen molar-refractivity contribution >= 4 is 28.9 Å². The Kier molecular flexibility index (Phi) is 6.27. The van der Waals surface area contributed by atoms with Gasteiger partial charge in [-0.15, -0.1) is 0 Å². The molecule has 0 aliphatic rings. The Morgan fingerprint density at radius 1 is 1.25 bits per heavy atom. The molecule has 0 saturated carbocycles. The molecule has 0 aliphatic heterocycles. The van der Waals surface area contributed by atoms with Crippen molar-refractivity contribution in [3.63, 3.8) is 0 Å². The van der Waals surface area contributed by atoms with E-state index in [2.05, 4.69) is 10.6 Å². The van der Waals surface area contributed by atoms with E-state index in [1.807, 2.05) is 0 Å². The van der Waals surface area contributed by atoms with Gasteiger partial charge in [0.05, 0.1) is 23.8 Å². The highest BCUT2D eigenvalue weighted by Crippen LogP contribution is 2.29. The maximum Gasteiger partial charge on any atom is 0.273 e. The van der Waals surface area contributed by atoms with Crippen LogP contribution in [-0.2, 0) is 4.79 Å². The van der Waals surface area contributed by atoms with Crippen LogP contribution < -0.4 is 21.1 Å². The number of hydrogen-bond acceptors (Lipinski definition) is 7. The summed E-state index contributed by atoms with van der Waals surface area (Å²) in [5.74, 6) is -1.31. The Labute approximate surface area is 159 Å². The number of nitriles is 1. The molecule has 2 aromatic rings. The molecular weight excluding hydrogens is 366 g/mol. The van der Waals surface area contributed by atoms with Crippen molar-refractivity contribution in [2.45, 2.75) is 0 Å². The second kappa shape index (κ2) is 8.81. The number of ether oxygens (including phenoxy) is 1. The van der Waals surface area contributed by atoms with Gasteiger partial charge in [0.15, 0.2) is 0 Å². The van der Waals surface area contributed by atoms with E-state index < -0.39 is 16.7 Å². The lowest BCUT2D eigenvalue weighted by Gasteiger charge is -2.09. The minimum atomic E-state index is -0.827. The molecule has 2 rings (SSSR count). The summed E-state index contributed by atoms with van der Waals surface area (Å²) in [5, 5.41) is 24.7. The van der Waals surface area contributed by atoms with E-state index in [1.165, 1.54) is 43.5 Å². The normalized spacial score (nSPS) is 10.5. The quantitative estimate of drug-likeness (QED) is 0.226. The zero-order valence-corrected chi connectivity index (χ0v) is 14.6. The molecule has 0 bridgehead atoms. The van der Waals surface area contributed by atoms with Gasteiger partial charge in [-0.2, -0.15) is 5.26 Å². The number of non-ortho nitro benzene ring substituents is 1. The Morgan fingerprint density at radius 3 is 2.50 bits per heavy atom. The van der Waals surface area contributed by atoms with Gasteiger partial charge < -0.3 is 21.1 Å². The molecule has 10 nitrogen and oxygen atoms in total. The number of carbonyl (C=O) groups excluding carboxylic acids is 2. The molecule has 0 spiro atoms. The van der Waals surface area contributed by atoms with Crippen LogP contribution in [0.25, 0.3) is 0 Å². The van der Waals surface area contributed by atoms with E-state index in [-0.39, 0.29) is 22.7 Å². The molecule has 0 heterocycles. The molecule has 2 amide bonds. The van der Waals surface area contributed by atoms with Crippen molar-refractivity contribution in [1.82, 2.24) is 5.32 Å². The topological polar surface area (TPSA) is 160 Å². The number of nitrogens with two attached hydrogens (primary N) is 1. The third kappa shape index (κ3) is 4.83. The van der Waals surface area contributed by atoms with E-state index >= 15 is 0 Å². The molecule has 4 N–H and O–H groups in total. The molecule has 0 radical (unpaired) electrons. The fourth-order valence-corrected chi connectivity index (χ4v) is 2.09. The number of hydrogen-bond donors (Lipinski definition) is 3. The molecule has 0 fully saturated rings. The number of amides is 2. The summed E-state index contributed by atoms with van der Waals surface area (Å²) in [5.41, 5.74) is 5.85. The summed E-state index contributed by atoms with van der Waals surface area (Å²) in [7, 11) is 1.28. The van der Waals surface area contributed by atoms with Gasteiger partial charge in [-0.25, -0.2) is 0 Å². The predicted octanol–water partition coefficient (Wildman–Crippen LogP) is 1.96. The van der Waals surface area contributed by atoms with Crippen molar-refractivity contribution in [2.75, 3.05) is 18.2 Å². The fraction of sp³-hybridized carbons (Fsp3) is 0.0556. The van der Waals surface area contributed by atoms with Gasteiger partial charge in [0.2, 0.25) is 0 Å². The van der Waals surface area contributed by atoms with Gasteiger partial charge in [0.25, 0.3) is 17.5 Å². The predicted molar refractivity (Wildman–Crippen MR) is 100 cm³/mol. The second-order valence-corrected chi connectivity index (χ2v) is 5.36. The van der Waals surface area contributed by atoms with Crippen LogP contribution in [0.5, 0.6) is 5.75 Å². The lowest BCUT2D eigenvalue weighted by atomic mass is 10.2. The number of nitro benzene ring substituents is 1. The molecule has 28 heavy (non-hydrogen) atoms. The van der Waals surface area contributed by atoms with Crippen molar-refractivity contribution in [3.05, 3.63) is 69.9 Å². The third-order valence-electron chi connectivity index (χ3n) is 3.53. The highest BCUT2D eigenvalue weighted by Gasteiger charge is 2.16. The largest absolute Gasteiger partial charge is 0.494 e. The van der Waals surface area contributed by atoms with Gasteiger partial charge in [0, 0.05) is 23.5 Å². The maximum absolute atomic E-state index is 12.3. The Bertz CT molecular complexity index is 992. The van der Waals surface area contributed by atoms with Crippen molar-refractivity contribution in [1.29, 1.82) is 5.26 Å². The first-order valence-corrected chi connectivity index (χ1v) is 7.76.